The molecule has 0 bridgehead atoms. The third-order valence-corrected chi connectivity index (χ3v) is 5.02. The maximum absolute atomic E-state index is 10.5. The first kappa shape index (κ1) is 16.4. The van der Waals surface area contributed by atoms with Crippen molar-refractivity contribution in [3.63, 3.8) is 0 Å². The number of nitrogens with zero attached hydrogens (tertiary/aromatic N) is 2. The topological polar surface area (TPSA) is 47.3 Å². The number of aliphatic hydroxyl groups is 1. The number of hydrogen-bond acceptors (Lipinski definition) is 3. The summed E-state index contributed by atoms with van der Waals surface area (Å²) in [5, 5.41) is 11.2. The van der Waals surface area contributed by atoms with E-state index in [1.165, 1.54) is 12.8 Å². The van der Waals surface area contributed by atoms with Crippen molar-refractivity contribution in [3.8, 4) is 5.75 Å². The van der Waals surface area contributed by atoms with Crippen molar-refractivity contribution in [3.05, 3.63) is 58.9 Å². The number of hydrogen-bond donors (Lipinski definition) is 1. The number of ether oxygens (including phenoxy) is 1. The molecule has 0 radical (unpaired) electrons. The van der Waals surface area contributed by atoms with Crippen LogP contribution in [-0.4, -0.2) is 27.4 Å². The molecule has 0 aliphatic heterocycles. The van der Waals surface area contributed by atoms with Crippen LogP contribution in [0.4, 0.5) is 0 Å². The normalized spacial score (nSPS) is 15.5. The summed E-state index contributed by atoms with van der Waals surface area (Å²) in [5.74, 6) is 2.33. The lowest BCUT2D eigenvalue weighted by Crippen LogP contribution is -2.24. The largest absolute Gasteiger partial charge is 0.491 e. The monoisotopic (exact) mass is 356 g/mol. The molecule has 0 amide bonds. The molecule has 1 aromatic heterocycles. The lowest BCUT2D eigenvalue weighted by atomic mass is 10.2. The highest BCUT2D eigenvalue weighted by Crippen LogP contribution is 2.40. The SMILES string of the molecule is Cc1cc(OC[C@H](O)Cn2c(C3CC3)nc3ccccc32)ccc1Cl. The van der Waals surface area contributed by atoms with Gasteiger partial charge in [0, 0.05) is 10.9 Å². The van der Waals surface area contributed by atoms with E-state index in [1.54, 1.807) is 0 Å². The first-order valence-electron chi connectivity index (χ1n) is 8.64. The second-order valence-corrected chi connectivity index (χ2v) is 7.13. The maximum atomic E-state index is 10.5. The molecule has 0 unspecified atom stereocenters. The third-order valence-electron chi connectivity index (χ3n) is 4.59. The Morgan fingerprint density at radius 2 is 2.08 bits per heavy atom. The molecule has 4 nitrogen and oxygen atoms in total. The number of imidazole rings is 1. The number of aliphatic hydroxyl groups excluding tert-OH is 1. The summed E-state index contributed by atoms with van der Waals surface area (Å²) in [6, 6.07) is 13.6. The number of benzene rings is 2. The summed E-state index contributed by atoms with van der Waals surface area (Å²) >= 11 is 6.03. The molecule has 1 fully saturated rings. The van der Waals surface area contributed by atoms with Crippen LogP contribution in [0.5, 0.6) is 5.75 Å². The molecule has 1 saturated carbocycles. The van der Waals surface area contributed by atoms with Crippen molar-refractivity contribution in [2.24, 2.45) is 0 Å². The Morgan fingerprint density at radius 1 is 1.28 bits per heavy atom. The van der Waals surface area contributed by atoms with Gasteiger partial charge in [0.25, 0.3) is 0 Å². The third kappa shape index (κ3) is 3.51. The Morgan fingerprint density at radius 3 is 2.84 bits per heavy atom. The predicted molar refractivity (Wildman–Crippen MR) is 99.4 cm³/mol. The average molecular weight is 357 g/mol. The van der Waals surface area contributed by atoms with Crippen LogP contribution in [0, 0.1) is 6.92 Å². The van der Waals surface area contributed by atoms with E-state index in [2.05, 4.69) is 10.6 Å². The fourth-order valence-corrected chi connectivity index (χ4v) is 3.22. The number of aryl methyl sites for hydroxylation is 1. The van der Waals surface area contributed by atoms with Crippen LogP contribution in [0.1, 0.15) is 30.1 Å². The Hall–Kier alpha value is -2.04. The van der Waals surface area contributed by atoms with Crippen molar-refractivity contribution in [2.45, 2.75) is 38.3 Å². The molecule has 0 saturated heterocycles. The highest BCUT2D eigenvalue weighted by Gasteiger charge is 2.30. The van der Waals surface area contributed by atoms with E-state index in [0.29, 0.717) is 17.5 Å². The van der Waals surface area contributed by atoms with E-state index >= 15 is 0 Å². The van der Waals surface area contributed by atoms with Gasteiger partial charge in [0.15, 0.2) is 0 Å². The predicted octanol–water partition coefficient (Wildman–Crippen LogP) is 4.32. The Bertz CT molecular complexity index is 902. The number of rotatable bonds is 6. The minimum absolute atomic E-state index is 0.234. The van der Waals surface area contributed by atoms with Crippen LogP contribution in [0.25, 0.3) is 11.0 Å². The van der Waals surface area contributed by atoms with Gasteiger partial charge in [0.1, 0.15) is 24.3 Å². The molecular formula is C20H21ClN2O2. The highest BCUT2D eigenvalue weighted by atomic mass is 35.5. The number of aromatic nitrogens is 2. The second kappa shape index (κ2) is 6.70. The zero-order valence-corrected chi connectivity index (χ0v) is 14.9. The van der Waals surface area contributed by atoms with Crippen molar-refractivity contribution < 1.29 is 9.84 Å². The molecule has 0 spiro atoms. The molecule has 25 heavy (non-hydrogen) atoms. The van der Waals surface area contributed by atoms with Gasteiger partial charge in [-0.25, -0.2) is 4.98 Å². The highest BCUT2D eigenvalue weighted by molar-refractivity contribution is 6.31. The van der Waals surface area contributed by atoms with Crippen molar-refractivity contribution in [1.29, 1.82) is 0 Å². The molecule has 4 rings (SSSR count). The van der Waals surface area contributed by atoms with Crippen LogP contribution in [-0.2, 0) is 6.54 Å². The molecule has 2 aromatic carbocycles. The molecule has 3 aromatic rings. The minimum Gasteiger partial charge on any atom is -0.491 e. The van der Waals surface area contributed by atoms with Crippen LogP contribution < -0.4 is 4.74 Å². The molecule has 1 atom stereocenters. The van der Waals surface area contributed by atoms with Gasteiger partial charge >= 0.3 is 0 Å². The lowest BCUT2D eigenvalue weighted by Gasteiger charge is -2.16. The average Bonchev–Trinajstić information content (AvgIpc) is 3.39. The first-order valence-corrected chi connectivity index (χ1v) is 9.02. The van der Waals surface area contributed by atoms with E-state index in [0.717, 1.165) is 28.2 Å². The van der Waals surface area contributed by atoms with Crippen LogP contribution in [0.3, 0.4) is 0 Å². The van der Waals surface area contributed by atoms with Gasteiger partial charge in [-0.1, -0.05) is 23.7 Å². The molecule has 130 valence electrons. The van der Waals surface area contributed by atoms with Gasteiger partial charge in [-0.2, -0.15) is 0 Å². The molecule has 1 aliphatic rings. The van der Waals surface area contributed by atoms with Gasteiger partial charge in [0.2, 0.25) is 0 Å². The van der Waals surface area contributed by atoms with E-state index < -0.39 is 6.10 Å². The van der Waals surface area contributed by atoms with Gasteiger partial charge in [-0.3, -0.25) is 0 Å². The standard InChI is InChI=1S/C20H21ClN2O2/c1-13-10-16(8-9-17(13)21)25-12-15(24)11-23-19-5-3-2-4-18(19)22-20(23)14-6-7-14/h2-5,8-10,14-15,24H,6-7,11-12H2,1H3/t15-/m1/s1. The Balaban J connectivity index is 1.48. The fraction of sp³-hybridized carbons (Fsp3) is 0.350. The van der Waals surface area contributed by atoms with Crippen LogP contribution in [0.2, 0.25) is 5.02 Å². The first-order chi connectivity index (χ1) is 12.1. The summed E-state index contributed by atoms with van der Waals surface area (Å²) < 4.78 is 7.89. The van der Waals surface area contributed by atoms with E-state index in [-0.39, 0.29) is 6.61 Å². The molecule has 1 aliphatic carbocycles. The van der Waals surface area contributed by atoms with Gasteiger partial charge in [-0.05, 0) is 55.7 Å². The zero-order chi connectivity index (χ0) is 17.4. The number of para-hydroxylation sites is 2. The van der Waals surface area contributed by atoms with E-state index in [4.69, 9.17) is 21.3 Å². The van der Waals surface area contributed by atoms with Crippen molar-refractivity contribution in [2.75, 3.05) is 6.61 Å². The van der Waals surface area contributed by atoms with Gasteiger partial charge in [0.05, 0.1) is 17.6 Å². The lowest BCUT2D eigenvalue weighted by molar-refractivity contribution is 0.0927. The zero-order valence-electron chi connectivity index (χ0n) is 14.2. The second-order valence-electron chi connectivity index (χ2n) is 6.72. The molecular weight excluding hydrogens is 336 g/mol. The fourth-order valence-electron chi connectivity index (χ4n) is 3.10. The van der Waals surface area contributed by atoms with Gasteiger partial charge in [-0.15, -0.1) is 0 Å². The Kier molecular flexibility index (Phi) is 4.40. The van der Waals surface area contributed by atoms with Crippen molar-refractivity contribution in [1.82, 2.24) is 9.55 Å². The Labute approximate surface area is 152 Å². The minimum atomic E-state index is -0.605. The van der Waals surface area contributed by atoms with Gasteiger partial charge < -0.3 is 14.4 Å². The molecule has 1 heterocycles. The quantitative estimate of drug-likeness (QED) is 0.715. The number of halogens is 1. The summed E-state index contributed by atoms with van der Waals surface area (Å²) in [6.07, 6.45) is 1.76. The number of fused-ring (bicyclic) bond motifs is 1. The van der Waals surface area contributed by atoms with Crippen LogP contribution in [0.15, 0.2) is 42.5 Å². The maximum Gasteiger partial charge on any atom is 0.119 e. The van der Waals surface area contributed by atoms with E-state index in [1.807, 2.05) is 43.3 Å². The molecule has 1 N–H and O–H groups in total. The smallest absolute Gasteiger partial charge is 0.119 e. The van der Waals surface area contributed by atoms with Crippen molar-refractivity contribution >= 4 is 22.6 Å². The van der Waals surface area contributed by atoms with Crippen LogP contribution >= 0.6 is 11.6 Å². The molecule has 5 heteroatoms. The summed E-state index contributed by atoms with van der Waals surface area (Å²) in [5.41, 5.74) is 3.03. The summed E-state index contributed by atoms with van der Waals surface area (Å²) in [7, 11) is 0. The summed E-state index contributed by atoms with van der Waals surface area (Å²) in [6.45, 7) is 2.65. The summed E-state index contributed by atoms with van der Waals surface area (Å²) in [4.78, 5) is 4.76. The van der Waals surface area contributed by atoms with E-state index in [9.17, 15) is 5.11 Å².